The molecule has 160 valence electrons. The molecule has 1 saturated heterocycles. The van der Waals surface area contributed by atoms with Crippen molar-refractivity contribution < 1.29 is 22.8 Å². The van der Waals surface area contributed by atoms with Crippen molar-refractivity contribution in [2.45, 2.75) is 76.6 Å². The van der Waals surface area contributed by atoms with Crippen LogP contribution in [-0.4, -0.2) is 24.0 Å². The Bertz CT molecular complexity index is 712. The van der Waals surface area contributed by atoms with Gasteiger partial charge in [0.25, 0.3) is 0 Å². The van der Waals surface area contributed by atoms with Gasteiger partial charge < -0.3 is 10.6 Å². The summed E-state index contributed by atoms with van der Waals surface area (Å²) in [6, 6.07) is 5.81. The monoisotopic (exact) mass is 410 g/mol. The maximum Gasteiger partial charge on any atom is 0.408 e. The zero-order valence-electron chi connectivity index (χ0n) is 16.7. The number of piperidine rings is 1. The van der Waals surface area contributed by atoms with Crippen molar-refractivity contribution in [2.75, 3.05) is 0 Å². The highest BCUT2D eigenvalue weighted by Crippen LogP contribution is 2.33. The molecule has 7 heteroatoms. The van der Waals surface area contributed by atoms with Crippen LogP contribution in [0.3, 0.4) is 0 Å². The molecular formula is C22H29F3N2O2. The number of amides is 2. The number of carbonyl (C=O) groups is 2. The van der Waals surface area contributed by atoms with E-state index in [9.17, 15) is 22.8 Å². The van der Waals surface area contributed by atoms with Gasteiger partial charge >= 0.3 is 6.18 Å². The van der Waals surface area contributed by atoms with Crippen LogP contribution in [0.4, 0.5) is 13.2 Å². The molecule has 0 spiro atoms. The fraction of sp³-hybridized carbons (Fsp3) is 0.636. The minimum absolute atomic E-state index is 0.0914. The zero-order valence-corrected chi connectivity index (χ0v) is 16.7. The molecule has 1 aliphatic carbocycles. The molecule has 2 aliphatic rings. The molecule has 1 aliphatic heterocycles. The van der Waals surface area contributed by atoms with E-state index in [2.05, 4.69) is 5.32 Å². The van der Waals surface area contributed by atoms with Crippen molar-refractivity contribution in [1.29, 1.82) is 0 Å². The van der Waals surface area contributed by atoms with Gasteiger partial charge in [0.1, 0.15) is 12.0 Å². The van der Waals surface area contributed by atoms with E-state index in [1.54, 1.807) is 0 Å². The lowest BCUT2D eigenvalue weighted by Crippen LogP contribution is -2.54. The lowest BCUT2D eigenvalue weighted by Gasteiger charge is -2.32. The maximum atomic E-state index is 12.9. The highest BCUT2D eigenvalue weighted by atomic mass is 19.4. The Hall–Kier alpha value is -2.05. The molecule has 0 radical (unpaired) electrons. The van der Waals surface area contributed by atoms with Crippen molar-refractivity contribution in [3.8, 4) is 0 Å². The van der Waals surface area contributed by atoms with Gasteiger partial charge in [0.2, 0.25) is 11.8 Å². The van der Waals surface area contributed by atoms with Crippen LogP contribution in [0.15, 0.2) is 24.3 Å². The number of halogens is 3. The molecule has 0 bridgehead atoms. The number of hydrogen-bond acceptors (Lipinski definition) is 2. The van der Waals surface area contributed by atoms with E-state index in [-0.39, 0.29) is 18.9 Å². The van der Waals surface area contributed by atoms with Crippen molar-refractivity contribution in [3.63, 3.8) is 0 Å². The first-order valence-electron chi connectivity index (χ1n) is 10.5. The van der Waals surface area contributed by atoms with Crippen molar-refractivity contribution >= 4 is 11.8 Å². The Morgan fingerprint density at radius 2 is 1.76 bits per heavy atom. The standard InChI is InChI=1S/C22H29F3N2O2/c1-14-7-9-16(10-8-14)18(13-15-5-3-2-4-6-15)26-20(28)17-11-12-19(22(23,24)25)27-21(17)29/h7-10,15,17-19H,2-6,11-13H2,1H3,(H,26,28)(H,27,29). The summed E-state index contributed by atoms with van der Waals surface area (Å²) in [6.45, 7) is 1.99. The molecule has 3 rings (SSSR count). The molecule has 1 saturated carbocycles. The summed E-state index contributed by atoms with van der Waals surface area (Å²) in [5.41, 5.74) is 2.08. The first kappa shape index (κ1) is 21.7. The Morgan fingerprint density at radius 3 is 2.34 bits per heavy atom. The van der Waals surface area contributed by atoms with E-state index in [4.69, 9.17) is 0 Å². The molecule has 3 atom stereocenters. The molecular weight excluding hydrogens is 381 g/mol. The number of hydrogen-bond donors (Lipinski definition) is 2. The normalized spacial score (nSPS) is 24.6. The van der Waals surface area contributed by atoms with Gasteiger partial charge in [-0.05, 0) is 37.7 Å². The minimum atomic E-state index is -4.48. The second-order valence-corrected chi connectivity index (χ2v) is 8.44. The number of aryl methyl sites for hydroxylation is 1. The van der Waals surface area contributed by atoms with Gasteiger partial charge in [-0.3, -0.25) is 9.59 Å². The van der Waals surface area contributed by atoms with E-state index in [1.807, 2.05) is 36.5 Å². The Labute approximate surface area is 169 Å². The lowest BCUT2D eigenvalue weighted by molar-refractivity contribution is -0.171. The van der Waals surface area contributed by atoms with Gasteiger partial charge in [0, 0.05) is 0 Å². The van der Waals surface area contributed by atoms with Gasteiger partial charge in [0.15, 0.2) is 0 Å². The van der Waals surface area contributed by atoms with E-state index < -0.39 is 30.0 Å². The summed E-state index contributed by atoms with van der Waals surface area (Å²) in [6.07, 6.45) is 1.78. The van der Waals surface area contributed by atoms with Crippen molar-refractivity contribution in [1.82, 2.24) is 10.6 Å². The topological polar surface area (TPSA) is 58.2 Å². The molecule has 1 aromatic carbocycles. The SMILES string of the molecule is Cc1ccc(C(CC2CCCCC2)NC(=O)C2CCC(C(F)(F)F)NC2=O)cc1. The van der Waals surface area contributed by atoms with Crippen molar-refractivity contribution in [3.05, 3.63) is 35.4 Å². The van der Waals surface area contributed by atoms with Crippen LogP contribution in [0.5, 0.6) is 0 Å². The largest absolute Gasteiger partial charge is 0.408 e. The van der Waals surface area contributed by atoms with E-state index in [1.165, 1.54) is 19.3 Å². The van der Waals surface area contributed by atoms with Crippen LogP contribution in [0.25, 0.3) is 0 Å². The summed E-state index contributed by atoms with van der Waals surface area (Å²) in [5.74, 6) is -1.89. The maximum absolute atomic E-state index is 12.9. The van der Waals surface area contributed by atoms with Crippen LogP contribution in [0.2, 0.25) is 0 Å². The van der Waals surface area contributed by atoms with Crippen LogP contribution < -0.4 is 10.6 Å². The molecule has 2 N–H and O–H groups in total. The summed E-state index contributed by atoms with van der Waals surface area (Å²) in [4.78, 5) is 25.0. The van der Waals surface area contributed by atoms with Gasteiger partial charge in [-0.2, -0.15) is 13.2 Å². The average Bonchev–Trinajstić information content (AvgIpc) is 2.68. The molecule has 0 aromatic heterocycles. The van der Waals surface area contributed by atoms with Crippen molar-refractivity contribution in [2.24, 2.45) is 11.8 Å². The Balaban J connectivity index is 1.68. The Morgan fingerprint density at radius 1 is 1.10 bits per heavy atom. The second kappa shape index (κ2) is 9.18. The first-order valence-corrected chi connectivity index (χ1v) is 10.5. The second-order valence-electron chi connectivity index (χ2n) is 8.44. The summed E-state index contributed by atoms with van der Waals surface area (Å²) >= 11 is 0. The van der Waals surface area contributed by atoms with Crippen LogP contribution >= 0.6 is 0 Å². The Kier molecular flexibility index (Phi) is 6.85. The third-order valence-electron chi connectivity index (χ3n) is 6.18. The zero-order chi connectivity index (χ0) is 21.0. The highest BCUT2D eigenvalue weighted by Gasteiger charge is 2.46. The highest BCUT2D eigenvalue weighted by molar-refractivity contribution is 6.01. The molecule has 4 nitrogen and oxygen atoms in total. The lowest BCUT2D eigenvalue weighted by atomic mass is 9.83. The quantitative estimate of drug-likeness (QED) is 0.698. The third-order valence-corrected chi connectivity index (χ3v) is 6.18. The fourth-order valence-electron chi connectivity index (χ4n) is 4.41. The third kappa shape index (κ3) is 5.73. The van der Waals surface area contributed by atoms with E-state index in [0.29, 0.717) is 5.92 Å². The van der Waals surface area contributed by atoms with Gasteiger partial charge in [-0.1, -0.05) is 61.9 Å². The van der Waals surface area contributed by atoms with Crippen LogP contribution in [-0.2, 0) is 9.59 Å². The number of benzene rings is 1. The predicted molar refractivity (Wildman–Crippen MR) is 104 cm³/mol. The molecule has 1 aromatic rings. The van der Waals surface area contributed by atoms with Crippen LogP contribution in [0, 0.1) is 18.8 Å². The molecule has 3 unspecified atom stereocenters. The smallest absolute Gasteiger partial charge is 0.349 e. The number of alkyl halides is 3. The molecule has 1 heterocycles. The summed E-state index contributed by atoms with van der Waals surface area (Å²) in [5, 5.41) is 4.94. The molecule has 2 amide bonds. The van der Waals surface area contributed by atoms with E-state index >= 15 is 0 Å². The van der Waals surface area contributed by atoms with E-state index in [0.717, 1.165) is 30.4 Å². The predicted octanol–water partition coefficient (Wildman–Crippen LogP) is 4.58. The van der Waals surface area contributed by atoms with Gasteiger partial charge in [0.05, 0.1) is 6.04 Å². The van der Waals surface area contributed by atoms with Crippen LogP contribution in [0.1, 0.15) is 68.5 Å². The minimum Gasteiger partial charge on any atom is -0.349 e. The molecule has 29 heavy (non-hydrogen) atoms. The fourth-order valence-corrected chi connectivity index (χ4v) is 4.41. The number of carbonyl (C=O) groups excluding carboxylic acids is 2. The van der Waals surface area contributed by atoms with Gasteiger partial charge in [-0.25, -0.2) is 0 Å². The number of rotatable bonds is 5. The molecule has 2 fully saturated rings. The average molecular weight is 410 g/mol. The summed E-state index contributed by atoms with van der Waals surface area (Å²) < 4.78 is 38.6. The number of nitrogens with one attached hydrogen (secondary N) is 2. The summed E-state index contributed by atoms with van der Waals surface area (Å²) in [7, 11) is 0. The van der Waals surface area contributed by atoms with Gasteiger partial charge in [-0.15, -0.1) is 0 Å². The first-order chi connectivity index (χ1) is 13.7.